The molecule has 0 aliphatic carbocycles. The first-order chi connectivity index (χ1) is 9.67. The molecule has 0 spiro atoms. The number of carboxylic acid groups (broad SMARTS) is 1. The van der Waals surface area contributed by atoms with E-state index in [1.165, 1.54) is 25.3 Å². The van der Waals surface area contributed by atoms with E-state index in [4.69, 9.17) is 9.84 Å². The second kappa shape index (κ2) is 6.91. The first-order valence-electron chi connectivity index (χ1n) is 6.61. The van der Waals surface area contributed by atoms with Crippen molar-refractivity contribution >= 4 is 16.0 Å². The van der Waals surface area contributed by atoms with Gasteiger partial charge < -0.3 is 9.84 Å². The van der Waals surface area contributed by atoms with Gasteiger partial charge >= 0.3 is 5.97 Å². The van der Waals surface area contributed by atoms with Gasteiger partial charge in [0.2, 0.25) is 10.0 Å². The Morgan fingerprint density at radius 3 is 2.43 bits per heavy atom. The lowest BCUT2D eigenvalue weighted by molar-refractivity contribution is 0.0696. The Morgan fingerprint density at radius 1 is 1.33 bits per heavy atom. The summed E-state index contributed by atoms with van der Waals surface area (Å²) in [4.78, 5) is 10.8. The van der Waals surface area contributed by atoms with Gasteiger partial charge in [-0.3, -0.25) is 0 Å². The van der Waals surface area contributed by atoms with Crippen LogP contribution in [0.1, 0.15) is 37.6 Å². The van der Waals surface area contributed by atoms with Gasteiger partial charge in [0.15, 0.2) is 0 Å². The van der Waals surface area contributed by atoms with E-state index >= 15 is 0 Å². The Morgan fingerprint density at radius 2 is 1.95 bits per heavy atom. The van der Waals surface area contributed by atoms with Crippen molar-refractivity contribution in [3.05, 3.63) is 23.8 Å². The zero-order valence-corrected chi connectivity index (χ0v) is 13.4. The minimum absolute atomic E-state index is 0.0131. The minimum atomic E-state index is -3.76. The van der Waals surface area contributed by atoms with E-state index in [0.717, 1.165) is 0 Å². The molecule has 0 saturated heterocycles. The number of ether oxygens (including phenoxy) is 1. The second-order valence-corrected chi connectivity index (χ2v) is 7.01. The van der Waals surface area contributed by atoms with Gasteiger partial charge in [0.1, 0.15) is 10.6 Å². The molecule has 0 bridgehead atoms. The third kappa shape index (κ3) is 4.71. The van der Waals surface area contributed by atoms with Gasteiger partial charge in [-0.05, 0) is 37.5 Å². The normalized spacial score (nSPS) is 13.2. The fourth-order valence-corrected chi connectivity index (χ4v) is 3.51. The number of hydrogen-bond acceptors (Lipinski definition) is 4. The van der Waals surface area contributed by atoms with Crippen LogP contribution in [0, 0.1) is 5.92 Å². The molecular formula is C14H21NO5S. The lowest BCUT2D eigenvalue weighted by Crippen LogP contribution is -2.33. The molecule has 2 N–H and O–H groups in total. The van der Waals surface area contributed by atoms with Crippen LogP contribution >= 0.6 is 0 Å². The van der Waals surface area contributed by atoms with Gasteiger partial charge in [-0.15, -0.1) is 0 Å². The summed E-state index contributed by atoms with van der Waals surface area (Å²) >= 11 is 0. The third-order valence-corrected chi connectivity index (χ3v) is 4.51. The lowest BCUT2D eigenvalue weighted by Gasteiger charge is -2.17. The average molecular weight is 315 g/mol. The van der Waals surface area contributed by atoms with Crippen LogP contribution in [-0.4, -0.2) is 32.6 Å². The van der Waals surface area contributed by atoms with E-state index < -0.39 is 16.0 Å². The van der Waals surface area contributed by atoms with E-state index in [0.29, 0.717) is 12.3 Å². The van der Waals surface area contributed by atoms with Gasteiger partial charge in [-0.25, -0.2) is 17.9 Å². The molecule has 7 heteroatoms. The quantitative estimate of drug-likeness (QED) is 0.804. The van der Waals surface area contributed by atoms with Crippen molar-refractivity contribution in [1.82, 2.24) is 4.72 Å². The number of sulfonamides is 1. The standard InChI is InChI=1S/C14H21NO5S/c1-9(2)7-10(3)15-21(18,19)13-6-5-11(14(16)17)8-12(13)20-4/h5-6,8-10,15H,7H2,1-4H3,(H,16,17). The van der Waals surface area contributed by atoms with E-state index in [1.54, 1.807) is 6.92 Å². The Bertz CT molecular complexity index is 610. The SMILES string of the molecule is COc1cc(C(=O)O)ccc1S(=O)(=O)NC(C)CC(C)C. The first kappa shape index (κ1) is 17.5. The molecule has 0 aliphatic heterocycles. The number of carbonyl (C=O) groups is 1. The van der Waals surface area contributed by atoms with Crippen molar-refractivity contribution in [1.29, 1.82) is 0 Å². The van der Waals surface area contributed by atoms with Crippen molar-refractivity contribution in [3.8, 4) is 5.75 Å². The Balaban J connectivity index is 3.10. The van der Waals surface area contributed by atoms with Crippen LogP contribution in [0.4, 0.5) is 0 Å². The van der Waals surface area contributed by atoms with Crippen LogP contribution in [0.25, 0.3) is 0 Å². The summed E-state index contributed by atoms with van der Waals surface area (Å²) in [6, 6.07) is 3.46. The predicted octanol–water partition coefficient (Wildman–Crippen LogP) is 2.11. The first-order valence-corrected chi connectivity index (χ1v) is 8.09. The zero-order valence-electron chi connectivity index (χ0n) is 12.6. The maximum atomic E-state index is 12.3. The summed E-state index contributed by atoms with van der Waals surface area (Å²) in [5, 5.41) is 8.92. The molecule has 0 radical (unpaired) electrons. The highest BCUT2D eigenvalue weighted by atomic mass is 32.2. The monoisotopic (exact) mass is 315 g/mol. The van der Waals surface area contributed by atoms with Crippen molar-refractivity contribution < 1.29 is 23.1 Å². The molecule has 1 aromatic rings. The molecule has 118 valence electrons. The van der Waals surface area contributed by atoms with E-state index in [1.807, 2.05) is 13.8 Å². The number of carboxylic acids is 1. The number of rotatable bonds is 7. The minimum Gasteiger partial charge on any atom is -0.495 e. The summed E-state index contributed by atoms with van der Waals surface area (Å²) in [7, 11) is -2.46. The van der Waals surface area contributed by atoms with Gasteiger partial charge in [0.05, 0.1) is 12.7 Å². The van der Waals surface area contributed by atoms with Crippen molar-refractivity contribution in [2.24, 2.45) is 5.92 Å². The fraction of sp³-hybridized carbons (Fsp3) is 0.500. The number of nitrogens with one attached hydrogen (secondary N) is 1. The van der Waals surface area contributed by atoms with Crippen LogP contribution in [0.2, 0.25) is 0 Å². The number of hydrogen-bond donors (Lipinski definition) is 2. The maximum absolute atomic E-state index is 12.3. The molecule has 0 fully saturated rings. The summed E-state index contributed by atoms with van der Waals surface area (Å²) in [6.45, 7) is 5.80. The third-order valence-electron chi connectivity index (χ3n) is 2.88. The van der Waals surface area contributed by atoms with Gasteiger partial charge in [-0.1, -0.05) is 13.8 Å². The number of methoxy groups -OCH3 is 1. The van der Waals surface area contributed by atoms with Crippen LogP contribution in [0.15, 0.2) is 23.1 Å². The molecule has 0 aliphatic rings. The van der Waals surface area contributed by atoms with Crippen LogP contribution < -0.4 is 9.46 Å². The molecule has 0 amide bonds. The molecule has 0 aromatic heterocycles. The molecule has 0 saturated carbocycles. The molecular weight excluding hydrogens is 294 g/mol. The number of aromatic carboxylic acids is 1. The highest BCUT2D eigenvalue weighted by Crippen LogP contribution is 2.25. The molecule has 6 nitrogen and oxygen atoms in total. The molecule has 1 atom stereocenters. The molecule has 1 rings (SSSR count). The Kier molecular flexibility index (Phi) is 5.74. The molecule has 21 heavy (non-hydrogen) atoms. The zero-order chi connectivity index (χ0) is 16.2. The smallest absolute Gasteiger partial charge is 0.335 e. The molecule has 1 aromatic carbocycles. The van der Waals surface area contributed by atoms with Crippen LogP contribution in [0.5, 0.6) is 5.75 Å². The summed E-state index contributed by atoms with van der Waals surface area (Å²) in [6.07, 6.45) is 0.703. The van der Waals surface area contributed by atoms with Crippen LogP contribution in [-0.2, 0) is 10.0 Å². The van der Waals surface area contributed by atoms with Crippen molar-refractivity contribution in [3.63, 3.8) is 0 Å². The molecule has 0 heterocycles. The van der Waals surface area contributed by atoms with Crippen molar-refractivity contribution in [2.75, 3.05) is 7.11 Å². The lowest BCUT2D eigenvalue weighted by atomic mass is 10.1. The van der Waals surface area contributed by atoms with Crippen molar-refractivity contribution in [2.45, 2.75) is 38.1 Å². The van der Waals surface area contributed by atoms with Gasteiger partial charge in [-0.2, -0.15) is 0 Å². The van der Waals surface area contributed by atoms with Gasteiger partial charge in [0, 0.05) is 6.04 Å². The number of benzene rings is 1. The largest absolute Gasteiger partial charge is 0.495 e. The molecule has 1 unspecified atom stereocenters. The van der Waals surface area contributed by atoms with Crippen LogP contribution in [0.3, 0.4) is 0 Å². The summed E-state index contributed by atoms with van der Waals surface area (Å²) < 4.78 is 32.3. The fourth-order valence-electron chi connectivity index (χ4n) is 2.11. The van der Waals surface area contributed by atoms with E-state index in [2.05, 4.69) is 4.72 Å². The summed E-state index contributed by atoms with van der Waals surface area (Å²) in [5.74, 6) is -0.767. The topological polar surface area (TPSA) is 92.7 Å². The Labute approximate surface area is 125 Å². The second-order valence-electron chi connectivity index (χ2n) is 5.32. The Hall–Kier alpha value is -1.60. The maximum Gasteiger partial charge on any atom is 0.335 e. The highest BCUT2D eigenvalue weighted by molar-refractivity contribution is 7.89. The predicted molar refractivity (Wildman–Crippen MR) is 79.2 cm³/mol. The summed E-state index contributed by atoms with van der Waals surface area (Å²) in [5.41, 5.74) is -0.0268. The highest BCUT2D eigenvalue weighted by Gasteiger charge is 2.23. The van der Waals surface area contributed by atoms with E-state index in [-0.39, 0.29) is 22.3 Å². The average Bonchev–Trinajstić information content (AvgIpc) is 2.35. The van der Waals surface area contributed by atoms with E-state index in [9.17, 15) is 13.2 Å². The van der Waals surface area contributed by atoms with Gasteiger partial charge in [0.25, 0.3) is 0 Å².